The van der Waals surface area contributed by atoms with Gasteiger partial charge >= 0.3 is 0 Å². The lowest BCUT2D eigenvalue weighted by atomic mass is 10.1. The molecule has 0 aromatic rings. The van der Waals surface area contributed by atoms with Gasteiger partial charge in [-0.25, -0.2) is 0 Å². The number of aliphatic hydroxyl groups is 3. The van der Waals surface area contributed by atoms with Crippen LogP contribution in [-0.2, 0) is 0 Å². The van der Waals surface area contributed by atoms with Crippen molar-refractivity contribution in [1.82, 2.24) is 16.0 Å². The van der Waals surface area contributed by atoms with Crippen LogP contribution in [0.2, 0.25) is 0 Å². The fourth-order valence-corrected chi connectivity index (χ4v) is 1.77. The molecule has 1 fully saturated rings. The second-order valence-corrected chi connectivity index (χ2v) is 4.28. The Hall–Kier alpha value is -0.820. The molecule has 0 saturated carbocycles. The molecule has 1 saturated heterocycles. The minimum atomic E-state index is -0.951. The molecule has 100 valence electrons. The molecule has 6 N–H and O–H groups in total. The molecule has 0 aliphatic carbocycles. The van der Waals surface area contributed by atoms with Crippen LogP contribution < -0.4 is 16.0 Å². The molecular formula is C11H23N3O3. The van der Waals surface area contributed by atoms with Crippen molar-refractivity contribution in [3.05, 3.63) is 12.0 Å². The first-order valence-electron chi connectivity index (χ1n) is 6.14. The van der Waals surface area contributed by atoms with Gasteiger partial charge in [0.25, 0.3) is 0 Å². The average Bonchev–Trinajstić information content (AvgIpc) is 2.23. The van der Waals surface area contributed by atoms with Crippen molar-refractivity contribution in [3.63, 3.8) is 0 Å². The molecule has 0 bridgehead atoms. The first-order valence-corrected chi connectivity index (χ1v) is 6.14. The van der Waals surface area contributed by atoms with E-state index in [0.29, 0.717) is 6.42 Å². The summed E-state index contributed by atoms with van der Waals surface area (Å²) < 4.78 is 0. The number of hydrogen-bond donors (Lipinski definition) is 6. The fraction of sp³-hybridized carbons (Fsp3) is 0.818. The summed E-state index contributed by atoms with van der Waals surface area (Å²) in [5, 5.41) is 36.4. The van der Waals surface area contributed by atoms with Crippen molar-refractivity contribution in [2.75, 3.05) is 6.54 Å². The number of nitrogens with one attached hydrogen (secondary N) is 3. The Morgan fingerprint density at radius 1 is 1.35 bits per heavy atom. The van der Waals surface area contributed by atoms with Gasteiger partial charge < -0.3 is 20.6 Å². The first-order chi connectivity index (χ1) is 8.11. The Bertz CT molecular complexity index is 238. The van der Waals surface area contributed by atoms with Crippen LogP contribution in [0.5, 0.6) is 0 Å². The largest absolute Gasteiger partial charge is 0.495 e. The Kier molecular flexibility index (Phi) is 6.28. The zero-order valence-corrected chi connectivity index (χ0v) is 10.2. The van der Waals surface area contributed by atoms with E-state index in [2.05, 4.69) is 22.9 Å². The standard InChI is InChI=1S/C11H23N3O3/c1-2-3-4-5-12-9(15)6-8-7-10(16)14-11(17)13-8/h6,8,10-17H,2-5,7H2,1H3/b9-6-. The Balaban J connectivity index is 2.29. The maximum atomic E-state index is 9.60. The van der Waals surface area contributed by atoms with Crippen LogP contribution in [0, 0.1) is 0 Å². The number of hydrogen-bond acceptors (Lipinski definition) is 6. The lowest BCUT2D eigenvalue weighted by Crippen LogP contribution is -2.57. The molecule has 6 nitrogen and oxygen atoms in total. The molecule has 3 atom stereocenters. The summed E-state index contributed by atoms with van der Waals surface area (Å²) in [4.78, 5) is 0. The first kappa shape index (κ1) is 14.2. The highest BCUT2D eigenvalue weighted by Gasteiger charge is 2.23. The maximum absolute atomic E-state index is 9.60. The van der Waals surface area contributed by atoms with E-state index in [9.17, 15) is 15.3 Å². The molecule has 0 aromatic carbocycles. The monoisotopic (exact) mass is 245 g/mol. The van der Waals surface area contributed by atoms with Gasteiger partial charge in [-0.05, 0) is 12.5 Å². The van der Waals surface area contributed by atoms with Crippen LogP contribution in [0.15, 0.2) is 12.0 Å². The highest BCUT2D eigenvalue weighted by atomic mass is 16.3. The van der Waals surface area contributed by atoms with E-state index in [4.69, 9.17) is 0 Å². The molecule has 0 amide bonds. The van der Waals surface area contributed by atoms with Crippen molar-refractivity contribution in [1.29, 1.82) is 0 Å². The SMILES string of the molecule is CCCCCN/C(O)=C/C1CC(O)NC(O)N1. The van der Waals surface area contributed by atoms with Crippen LogP contribution in [0.3, 0.4) is 0 Å². The van der Waals surface area contributed by atoms with E-state index in [1.165, 1.54) is 0 Å². The van der Waals surface area contributed by atoms with Gasteiger partial charge in [-0.2, -0.15) is 0 Å². The second-order valence-electron chi connectivity index (χ2n) is 4.28. The van der Waals surface area contributed by atoms with Gasteiger partial charge in [0.05, 0.1) is 0 Å². The second kappa shape index (κ2) is 7.50. The third-order valence-electron chi connectivity index (χ3n) is 2.64. The summed E-state index contributed by atoms with van der Waals surface area (Å²) in [6.45, 7) is 2.85. The fourth-order valence-electron chi connectivity index (χ4n) is 1.77. The summed E-state index contributed by atoms with van der Waals surface area (Å²) in [7, 11) is 0. The highest BCUT2D eigenvalue weighted by Crippen LogP contribution is 2.06. The van der Waals surface area contributed by atoms with Crippen LogP contribution in [0.4, 0.5) is 0 Å². The van der Waals surface area contributed by atoms with Crippen LogP contribution >= 0.6 is 0 Å². The van der Waals surface area contributed by atoms with Crippen LogP contribution in [-0.4, -0.2) is 40.5 Å². The minimum absolute atomic E-state index is 0.0832. The van der Waals surface area contributed by atoms with Crippen molar-refractivity contribution >= 4 is 0 Å². The van der Waals surface area contributed by atoms with Crippen molar-refractivity contribution < 1.29 is 15.3 Å². The molecule has 1 aliphatic rings. The molecule has 6 heteroatoms. The summed E-state index contributed by atoms with van der Waals surface area (Å²) >= 11 is 0. The molecule has 3 unspecified atom stereocenters. The summed E-state index contributed by atoms with van der Waals surface area (Å²) in [5.41, 5.74) is 0. The van der Waals surface area contributed by atoms with E-state index >= 15 is 0 Å². The van der Waals surface area contributed by atoms with Crippen molar-refractivity contribution in [2.24, 2.45) is 0 Å². The lowest BCUT2D eigenvalue weighted by Gasteiger charge is -2.30. The molecular weight excluding hydrogens is 222 g/mol. The van der Waals surface area contributed by atoms with Gasteiger partial charge in [-0.15, -0.1) is 0 Å². The Morgan fingerprint density at radius 2 is 2.12 bits per heavy atom. The third-order valence-corrected chi connectivity index (χ3v) is 2.64. The van der Waals surface area contributed by atoms with Gasteiger partial charge in [0.15, 0.2) is 12.2 Å². The van der Waals surface area contributed by atoms with Gasteiger partial charge in [-0.1, -0.05) is 19.8 Å². The van der Waals surface area contributed by atoms with Crippen LogP contribution in [0.1, 0.15) is 32.6 Å². The molecule has 1 aliphatic heterocycles. The molecule has 0 radical (unpaired) electrons. The Labute approximate surface area is 102 Å². The van der Waals surface area contributed by atoms with Gasteiger partial charge in [-0.3, -0.25) is 10.6 Å². The highest BCUT2D eigenvalue weighted by molar-refractivity contribution is 4.99. The summed E-state index contributed by atoms with van der Waals surface area (Å²) in [5.74, 6) is 0.0832. The zero-order valence-electron chi connectivity index (χ0n) is 10.2. The van der Waals surface area contributed by atoms with E-state index in [1.54, 1.807) is 6.08 Å². The van der Waals surface area contributed by atoms with Crippen LogP contribution in [0.25, 0.3) is 0 Å². The van der Waals surface area contributed by atoms with Gasteiger partial charge in [0.2, 0.25) is 0 Å². The topological polar surface area (TPSA) is 96.8 Å². The average molecular weight is 245 g/mol. The Morgan fingerprint density at radius 3 is 2.76 bits per heavy atom. The number of rotatable bonds is 6. The molecule has 17 heavy (non-hydrogen) atoms. The third kappa shape index (κ3) is 5.88. The lowest BCUT2D eigenvalue weighted by molar-refractivity contribution is -0.0191. The molecule has 0 aromatic heterocycles. The van der Waals surface area contributed by atoms with Gasteiger partial charge in [0.1, 0.15) is 6.23 Å². The smallest absolute Gasteiger partial charge is 0.181 e. The molecule has 1 rings (SSSR count). The quantitative estimate of drug-likeness (QED) is 0.284. The predicted molar refractivity (Wildman–Crippen MR) is 64.9 cm³/mol. The molecule has 0 spiro atoms. The minimum Gasteiger partial charge on any atom is -0.495 e. The van der Waals surface area contributed by atoms with E-state index < -0.39 is 12.6 Å². The van der Waals surface area contributed by atoms with Crippen molar-refractivity contribution in [2.45, 2.75) is 51.2 Å². The normalized spacial score (nSPS) is 30.3. The van der Waals surface area contributed by atoms with Crippen molar-refractivity contribution in [3.8, 4) is 0 Å². The number of aliphatic hydroxyl groups excluding tert-OH is 3. The summed E-state index contributed by atoms with van der Waals surface area (Å²) in [6.07, 6.45) is 3.54. The maximum Gasteiger partial charge on any atom is 0.181 e. The van der Waals surface area contributed by atoms with Gasteiger partial charge in [0, 0.05) is 19.0 Å². The van der Waals surface area contributed by atoms with E-state index in [-0.39, 0.29) is 11.9 Å². The zero-order chi connectivity index (χ0) is 12.7. The van der Waals surface area contributed by atoms with E-state index in [0.717, 1.165) is 25.8 Å². The number of unbranched alkanes of at least 4 members (excludes halogenated alkanes) is 2. The summed E-state index contributed by atoms with van der Waals surface area (Å²) in [6, 6.07) is -0.250. The van der Waals surface area contributed by atoms with E-state index in [1.807, 2.05) is 0 Å². The predicted octanol–water partition coefficient (Wildman–Crippen LogP) is -0.289. The molecule has 1 heterocycles.